The van der Waals surface area contributed by atoms with Crippen LogP contribution in [0.4, 0.5) is 4.39 Å². The SMILES string of the molecule is CC(C)(N)CC(c1ccc(-c2noc(-c3ccc(-c4ccccc4)c(Cl)c3)n2)cc1)N1CCC(Cc2ccc(F)cc2)(C(=O)O)CC1. The van der Waals surface area contributed by atoms with Crippen LogP contribution in [-0.2, 0) is 11.2 Å². The Labute approximate surface area is 279 Å². The minimum atomic E-state index is -0.899. The summed E-state index contributed by atoms with van der Waals surface area (Å²) in [6.07, 6.45) is 2.04. The van der Waals surface area contributed by atoms with Crippen LogP contribution in [0.1, 0.15) is 50.3 Å². The topological polar surface area (TPSA) is 105 Å². The van der Waals surface area contributed by atoms with Gasteiger partial charge in [-0.1, -0.05) is 89.6 Å². The Balaban J connectivity index is 1.18. The number of nitrogens with zero attached hydrogens (tertiary/aromatic N) is 3. The summed E-state index contributed by atoms with van der Waals surface area (Å²) in [5, 5.41) is 15.1. The maximum atomic E-state index is 13.5. The molecule has 242 valence electrons. The second kappa shape index (κ2) is 13.4. The fraction of sp³-hybridized carbons (Fsp3) is 0.289. The number of hydrogen-bond donors (Lipinski definition) is 2. The van der Waals surface area contributed by atoms with E-state index >= 15 is 0 Å². The lowest BCUT2D eigenvalue weighted by molar-refractivity contribution is -0.152. The molecule has 47 heavy (non-hydrogen) atoms. The predicted octanol–water partition coefficient (Wildman–Crippen LogP) is 8.44. The number of hydrogen-bond acceptors (Lipinski definition) is 6. The molecule has 0 aliphatic carbocycles. The zero-order valence-electron chi connectivity index (χ0n) is 26.5. The summed E-state index contributed by atoms with van der Waals surface area (Å²) in [7, 11) is 0. The molecular formula is C38H38ClFN4O3. The maximum Gasteiger partial charge on any atom is 0.310 e. The third-order valence-corrected chi connectivity index (χ3v) is 9.42. The first-order valence-electron chi connectivity index (χ1n) is 15.8. The first-order valence-corrected chi connectivity index (χ1v) is 16.2. The van der Waals surface area contributed by atoms with Crippen molar-refractivity contribution in [2.45, 2.75) is 51.1 Å². The fourth-order valence-corrected chi connectivity index (χ4v) is 6.78. The average Bonchev–Trinajstić information content (AvgIpc) is 3.56. The third kappa shape index (κ3) is 7.46. The Morgan fingerprint density at radius 1 is 0.979 bits per heavy atom. The first kappa shape index (κ1) is 32.6. The van der Waals surface area contributed by atoms with E-state index in [0.717, 1.165) is 33.4 Å². The van der Waals surface area contributed by atoms with Crippen molar-refractivity contribution in [1.82, 2.24) is 15.0 Å². The second-order valence-electron chi connectivity index (χ2n) is 13.2. The highest BCUT2D eigenvalue weighted by molar-refractivity contribution is 6.33. The van der Waals surface area contributed by atoms with Crippen molar-refractivity contribution in [3.8, 4) is 34.0 Å². The van der Waals surface area contributed by atoms with E-state index in [1.54, 1.807) is 12.1 Å². The highest BCUT2D eigenvalue weighted by Crippen LogP contribution is 2.40. The van der Waals surface area contributed by atoms with Crippen LogP contribution in [0.15, 0.2) is 102 Å². The molecule has 9 heteroatoms. The first-order chi connectivity index (χ1) is 22.5. The lowest BCUT2D eigenvalue weighted by Gasteiger charge is -2.44. The third-order valence-electron chi connectivity index (χ3n) is 9.11. The molecule has 5 aromatic rings. The number of benzene rings is 4. The van der Waals surface area contributed by atoms with Crippen molar-refractivity contribution < 1.29 is 18.8 Å². The van der Waals surface area contributed by atoms with Crippen molar-refractivity contribution in [1.29, 1.82) is 0 Å². The average molecular weight is 653 g/mol. The minimum Gasteiger partial charge on any atom is -0.481 e. The standard InChI is InChI=1S/C38H38ClFN4O3/c1-37(2,41)24-33(44-20-18-38(19-21-44,36(45)46)23-25-8-15-30(40)16-9-25)27-10-12-28(13-11-27)34-42-35(47-43-34)29-14-17-31(32(39)22-29)26-6-4-3-5-7-26/h3-17,22,33H,18-21,23-24,41H2,1-2H3,(H,45,46). The molecule has 0 radical (unpaired) electrons. The largest absolute Gasteiger partial charge is 0.481 e. The van der Waals surface area contributed by atoms with Crippen molar-refractivity contribution in [2.75, 3.05) is 13.1 Å². The van der Waals surface area contributed by atoms with Gasteiger partial charge in [-0.05, 0) is 93.6 Å². The number of rotatable bonds is 10. The summed E-state index contributed by atoms with van der Waals surface area (Å²) >= 11 is 6.62. The van der Waals surface area contributed by atoms with Crippen LogP contribution in [-0.4, -0.2) is 44.7 Å². The van der Waals surface area contributed by atoms with Gasteiger partial charge in [0.2, 0.25) is 5.82 Å². The number of halogens is 2. The number of piperidine rings is 1. The second-order valence-corrected chi connectivity index (χ2v) is 13.6. The van der Waals surface area contributed by atoms with Gasteiger partial charge in [0.25, 0.3) is 5.89 Å². The summed E-state index contributed by atoms with van der Waals surface area (Å²) in [5.74, 6) is -0.292. The van der Waals surface area contributed by atoms with E-state index in [0.29, 0.717) is 55.5 Å². The maximum absolute atomic E-state index is 13.5. The molecule has 0 spiro atoms. The Morgan fingerprint density at radius 3 is 2.26 bits per heavy atom. The molecule has 2 heterocycles. The Morgan fingerprint density at radius 2 is 1.64 bits per heavy atom. The van der Waals surface area contributed by atoms with Crippen LogP contribution in [0.25, 0.3) is 34.0 Å². The van der Waals surface area contributed by atoms with Gasteiger partial charge in [0.15, 0.2) is 0 Å². The molecule has 6 rings (SSSR count). The molecular weight excluding hydrogens is 615 g/mol. The Hall–Kier alpha value is -4.37. The minimum absolute atomic E-state index is 0.00670. The molecule has 7 nitrogen and oxygen atoms in total. The van der Waals surface area contributed by atoms with Gasteiger partial charge in [0.1, 0.15) is 5.82 Å². The highest BCUT2D eigenvalue weighted by atomic mass is 35.5. The lowest BCUT2D eigenvalue weighted by atomic mass is 9.73. The van der Waals surface area contributed by atoms with Crippen LogP contribution in [0, 0.1) is 11.2 Å². The fourth-order valence-electron chi connectivity index (χ4n) is 6.49. The van der Waals surface area contributed by atoms with E-state index in [9.17, 15) is 14.3 Å². The van der Waals surface area contributed by atoms with E-state index in [1.807, 2.05) is 74.5 Å². The Bertz CT molecular complexity index is 1830. The molecule has 0 saturated carbocycles. The number of aliphatic carboxylic acids is 1. The summed E-state index contributed by atoms with van der Waals surface area (Å²) < 4.78 is 19.1. The molecule has 1 aliphatic heterocycles. The van der Waals surface area contributed by atoms with Gasteiger partial charge >= 0.3 is 5.97 Å². The molecule has 1 aromatic heterocycles. The summed E-state index contributed by atoms with van der Waals surface area (Å²) in [4.78, 5) is 19.5. The summed E-state index contributed by atoms with van der Waals surface area (Å²) in [6.45, 7) is 5.23. The molecule has 0 bridgehead atoms. The number of carbonyl (C=O) groups is 1. The zero-order chi connectivity index (χ0) is 33.2. The number of carboxylic acids is 1. The lowest BCUT2D eigenvalue weighted by Crippen LogP contribution is -2.48. The van der Waals surface area contributed by atoms with Gasteiger partial charge < -0.3 is 15.4 Å². The number of aromatic nitrogens is 2. The van der Waals surface area contributed by atoms with Crippen LogP contribution < -0.4 is 5.73 Å². The predicted molar refractivity (Wildman–Crippen MR) is 182 cm³/mol. The van der Waals surface area contributed by atoms with Crippen molar-refractivity contribution in [3.05, 3.63) is 119 Å². The smallest absolute Gasteiger partial charge is 0.310 e. The van der Waals surface area contributed by atoms with Crippen molar-refractivity contribution in [2.24, 2.45) is 11.1 Å². The molecule has 4 aromatic carbocycles. The van der Waals surface area contributed by atoms with E-state index < -0.39 is 16.9 Å². The van der Waals surface area contributed by atoms with Gasteiger partial charge in [-0.25, -0.2) is 4.39 Å². The van der Waals surface area contributed by atoms with E-state index in [-0.39, 0.29) is 11.9 Å². The van der Waals surface area contributed by atoms with Crippen LogP contribution in [0.3, 0.4) is 0 Å². The van der Waals surface area contributed by atoms with Gasteiger partial charge in [-0.15, -0.1) is 0 Å². The normalized spacial score (nSPS) is 15.8. The van der Waals surface area contributed by atoms with Crippen LogP contribution >= 0.6 is 11.6 Å². The summed E-state index contributed by atoms with van der Waals surface area (Å²) in [5.41, 5.74) is 10.6. The monoisotopic (exact) mass is 652 g/mol. The van der Waals surface area contributed by atoms with E-state index in [2.05, 4.69) is 27.2 Å². The van der Waals surface area contributed by atoms with Crippen molar-refractivity contribution in [3.63, 3.8) is 0 Å². The van der Waals surface area contributed by atoms with Crippen molar-refractivity contribution >= 4 is 17.6 Å². The Kier molecular flexibility index (Phi) is 9.28. The van der Waals surface area contributed by atoms with Gasteiger partial charge in [0, 0.05) is 33.3 Å². The highest BCUT2D eigenvalue weighted by Gasteiger charge is 2.43. The molecule has 0 amide bonds. The molecule has 1 fully saturated rings. The van der Waals surface area contributed by atoms with Gasteiger partial charge in [0.05, 0.1) is 5.41 Å². The molecule has 1 unspecified atom stereocenters. The molecule has 1 saturated heterocycles. The van der Waals surface area contributed by atoms with E-state index in [4.69, 9.17) is 21.9 Å². The molecule has 3 N–H and O–H groups in total. The molecule has 1 atom stereocenters. The van der Waals surface area contributed by atoms with Crippen LogP contribution in [0.2, 0.25) is 5.02 Å². The van der Waals surface area contributed by atoms with Gasteiger partial charge in [-0.2, -0.15) is 4.98 Å². The van der Waals surface area contributed by atoms with Crippen LogP contribution in [0.5, 0.6) is 0 Å². The summed E-state index contributed by atoms with van der Waals surface area (Å²) in [6, 6.07) is 29.9. The molecule has 1 aliphatic rings. The zero-order valence-corrected chi connectivity index (χ0v) is 27.3. The number of nitrogens with two attached hydrogens (primary N) is 1. The van der Waals surface area contributed by atoms with Gasteiger partial charge in [-0.3, -0.25) is 9.69 Å². The number of likely N-dealkylation sites (tertiary alicyclic amines) is 1. The number of carboxylic acid groups (broad SMARTS) is 1. The van der Waals surface area contributed by atoms with E-state index in [1.165, 1.54) is 12.1 Å². The quantitative estimate of drug-likeness (QED) is 0.156.